The van der Waals surface area contributed by atoms with Crippen molar-refractivity contribution in [2.75, 3.05) is 11.5 Å². The number of thioether (sulfide) groups is 1. The Hall–Kier alpha value is -1.08. The third kappa shape index (κ3) is 4.44. The van der Waals surface area contributed by atoms with Gasteiger partial charge in [-0.25, -0.2) is 13.4 Å². The lowest BCUT2D eigenvalue weighted by Gasteiger charge is -2.06. The SMILES string of the molecule is NCc1ccc(S(=O)(=O)CCSc2ncccc2Cl)cc1. The molecule has 0 saturated heterocycles. The van der Waals surface area contributed by atoms with Gasteiger partial charge in [0.15, 0.2) is 9.84 Å². The molecule has 0 spiro atoms. The zero-order valence-corrected chi connectivity index (χ0v) is 13.6. The topological polar surface area (TPSA) is 73.1 Å². The summed E-state index contributed by atoms with van der Waals surface area (Å²) in [5, 5.41) is 1.18. The maximum Gasteiger partial charge on any atom is 0.179 e. The van der Waals surface area contributed by atoms with E-state index in [1.165, 1.54) is 11.8 Å². The third-order valence-corrected chi connectivity index (χ3v) is 6.25. The van der Waals surface area contributed by atoms with Gasteiger partial charge >= 0.3 is 0 Å². The molecule has 0 radical (unpaired) electrons. The molecular formula is C14H15ClN2O2S2. The Morgan fingerprint density at radius 1 is 1.19 bits per heavy atom. The first-order valence-electron chi connectivity index (χ1n) is 6.28. The molecule has 0 bridgehead atoms. The summed E-state index contributed by atoms with van der Waals surface area (Å²) in [7, 11) is -3.30. The average Bonchev–Trinajstić information content (AvgIpc) is 2.49. The lowest BCUT2D eigenvalue weighted by atomic mass is 10.2. The summed E-state index contributed by atoms with van der Waals surface area (Å²) in [6, 6.07) is 10.1. The first-order chi connectivity index (χ1) is 10.0. The number of aromatic nitrogens is 1. The van der Waals surface area contributed by atoms with Crippen LogP contribution in [0.15, 0.2) is 52.5 Å². The zero-order valence-electron chi connectivity index (χ0n) is 11.2. The quantitative estimate of drug-likeness (QED) is 0.817. The Morgan fingerprint density at radius 3 is 2.52 bits per heavy atom. The van der Waals surface area contributed by atoms with Gasteiger partial charge in [0.2, 0.25) is 0 Å². The summed E-state index contributed by atoms with van der Waals surface area (Å²) < 4.78 is 24.4. The van der Waals surface area contributed by atoms with Crippen molar-refractivity contribution in [2.45, 2.75) is 16.5 Å². The standard InChI is InChI=1S/C14H15ClN2O2S2/c15-13-2-1-7-17-14(13)20-8-9-21(18,19)12-5-3-11(10-16)4-6-12/h1-7H,8-10,16H2. The van der Waals surface area contributed by atoms with Crippen molar-refractivity contribution >= 4 is 33.2 Å². The molecule has 0 atom stereocenters. The van der Waals surface area contributed by atoms with Crippen molar-refractivity contribution in [3.63, 3.8) is 0 Å². The van der Waals surface area contributed by atoms with Crippen LogP contribution in [0, 0.1) is 0 Å². The van der Waals surface area contributed by atoms with E-state index in [2.05, 4.69) is 4.98 Å². The summed E-state index contributed by atoms with van der Waals surface area (Å²) in [6.45, 7) is 0.397. The number of halogens is 1. The van der Waals surface area contributed by atoms with Crippen LogP contribution in [-0.2, 0) is 16.4 Å². The molecule has 1 aromatic carbocycles. The summed E-state index contributed by atoms with van der Waals surface area (Å²) in [5.41, 5.74) is 6.40. The average molecular weight is 343 g/mol. The second-order valence-electron chi connectivity index (χ2n) is 4.31. The van der Waals surface area contributed by atoms with E-state index >= 15 is 0 Å². The predicted molar refractivity (Wildman–Crippen MR) is 86.4 cm³/mol. The summed E-state index contributed by atoms with van der Waals surface area (Å²) in [5.74, 6) is 0.435. The normalized spacial score (nSPS) is 11.5. The van der Waals surface area contributed by atoms with Crippen LogP contribution in [0.5, 0.6) is 0 Å². The van der Waals surface area contributed by atoms with Gasteiger partial charge in [-0.3, -0.25) is 0 Å². The number of nitrogens with two attached hydrogens (primary N) is 1. The highest BCUT2D eigenvalue weighted by atomic mass is 35.5. The fourth-order valence-corrected chi connectivity index (χ4v) is 4.49. The van der Waals surface area contributed by atoms with Crippen LogP contribution in [0.4, 0.5) is 0 Å². The summed E-state index contributed by atoms with van der Waals surface area (Å²) >= 11 is 7.31. The van der Waals surface area contributed by atoms with Crippen molar-refractivity contribution in [1.82, 2.24) is 4.98 Å². The van der Waals surface area contributed by atoms with Crippen molar-refractivity contribution in [2.24, 2.45) is 5.73 Å². The molecule has 2 rings (SSSR count). The van der Waals surface area contributed by atoms with E-state index in [4.69, 9.17) is 17.3 Å². The first-order valence-corrected chi connectivity index (χ1v) is 9.29. The van der Waals surface area contributed by atoms with Gasteiger partial charge in [0.1, 0.15) is 5.03 Å². The molecule has 0 unspecified atom stereocenters. The molecule has 7 heteroatoms. The second-order valence-corrected chi connectivity index (χ2v) is 7.91. The highest BCUT2D eigenvalue weighted by Gasteiger charge is 2.14. The Balaban J connectivity index is 1.99. The van der Waals surface area contributed by atoms with Crippen molar-refractivity contribution in [1.29, 1.82) is 0 Å². The molecular weight excluding hydrogens is 328 g/mol. The van der Waals surface area contributed by atoms with Crippen LogP contribution in [0.3, 0.4) is 0 Å². The van der Waals surface area contributed by atoms with Gasteiger partial charge < -0.3 is 5.73 Å². The molecule has 0 aliphatic rings. The Labute approximate surface area is 133 Å². The number of rotatable bonds is 6. The molecule has 2 aromatic rings. The molecule has 112 valence electrons. The van der Waals surface area contributed by atoms with Crippen LogP contribution in [0.2, 0.25) is 5.02 Å². The minimum Gasteiger partial charge on any atom is -0.326 e. The van der Waals surface area contributed by atoms with E-state index in [9.17, 15) is 8.42 Å². The van der Waals surface area contributed by atoms with E-state index in [0.29, 0.717) is 27.2 Å². The Kier molecular flexibility index (Phi) is 5.64. The van der Waals surface area contributed by atoms with Crippen LogP contribution < -0.4 is 5.73 Å². The highest BCUT2D eigenvalue weighted by molar-refractivity contribution is 8.00. The van der Waals surface area contributed by atoms with Crippen LogP contribution in [-0.4, -0.2) is 24.9 Å². The van der Waals surface area contributed by atoms with Crippen molar-refractivity contribution < 1.29 is 8.42 Å². The van der Waals surface area contributed by atoms with Gasteiger partial charge in [-0.1, -0.05) is 23.7 Å². The van der Waals surface area contributed by atoms with E-state index in [-0.39, 0.29) is 5.75 Å². The maximum absolute atomic E-state index is 12.2. The van der Waals surface area contributed by atoms with Gasteiger partial charge in [-0.15, -0.1) is 11.8 Å². The molecule has 1 aromatic heterocycles. The minimum atomic E-state index is -3.30. The molecule has 0 fully saturated rings. The number of hydrogen-bond acceptors (Lipinski definition) is 5. The Morgan fingerprint density at radius 2 is 1.90 bits per heavy atom. The summed E-state index contributed by atoms with van der Waals surface area (Å²) in [6.07, 6.45) is 1.63. The van der Waals surface area contributed by atoms with Gasteiger partial charge in [0.05, 0.1) is 15.7 Å². The van der Waals surface area contributed by atoms with Gasteiger partial charge in [-0.2, -0.15) is 0 Å². The second kappa shape index (κ2) is 7.26. The van der Waals surface area contributed by atoms with Crippen LogP contribution in [0.1, 0.15) is 5.56 Å². The fraction of sp³-hybridized carbons (Fsp3) is 0.214. The van der Waals surface area contributed by atoms with Gasteiger partial charge in [-0.05, 0) is 29.8 Å². The molecule has 0 amide bonds. The molecule has 0 aliphatic carbocycles. The number of nitrogens with zero attached hydrogens (tertiary/aromatic N) is 1. The smallest absolute Gasteiger partial charge is 0.179 e. The van der Waals surface area contributed by atoms with E-state index in [0.717, 1.165) is 5.56 Å². The van der Waals surface area contributed by atoms with Crippen LogP contribution >= 0.6 is 23.4 Å². The Bertz CT molecular complexity index is 703. The number of sulfone groups is 1. The molecule has 1 heterocycles. The van der Waals surface area contributed by atoms with Crippen molar-refractivity contribution in [3.8, 4) is 0 Å². The zero-order chi connectivity index (χ0) is 15.3. The fourth-order valence-electron chi connectivity index (χ4n) is 1.68. The molecule has 4 nitrogen and oxygen atoms in total. The maximum atomic E-state index is 12.2. The molecule has 21 heavy (non-hydrogen) atoms. The third-order valence-electron chi connectivity index (χ3n) is 2.83. The lowest BCUT2D eigenvalue weighted by Crippen LogP contribution is -2.09. The predicted octanol–water partition coefficient (Wildman–Crippen LogP) is 2.76. The lowest BCUT2D eigenvalue weighted by molar-refractivity contribution is 0.597. The van der Waals surface area contributed by atoms with Gasteiger partial charge in [0, 0.05) is 18.5 Å². The largest absolute Gasteiger partial charge is 0.326 e. The minimum absolute atomic E-state index is 0.0343. The van der Waals surface area contributed by atoms with E-state index in [1.807, 2.05) is 0 Å². The molecule has 2 N–H and O–H groups in total. The van der Waals surface area contributed by atoms with Gasteiger partial charge in [0.25, 0.3) is 0 Å². The number of hydrogen-bond donors (Lipinski definition) is 1. The number of pyridine rings is 1. The monoisotopic (exact) mass is 342 g/mol. The highest BCUT2D eigenvalue weighted by Crippen LogP contribution is 2.24. The number of benzene rings is 1. The van der Waals surface area contributed by atoms with E-state index < -0.39 is 9.84 Å². The first kappa shape index (κ1) is 16.3. The van der Waals surface area contributed by atoms with Crippen molar-refractivity contribution in [3.05, 3.63) is 53.2 Å². The molecule has 0 saturated carbocycles. The van der Waals surface area contributed by atoms with Crippen LogP contribution in [0.25, 0.3) is 0 Å². The molecule has 0 aliphatic heterocycles. The van der Waals surface area contributed by atoms with E-state index in [1.54, 1.807) is 42.6 Å². The summed E-state index contributed by atoms with van der Waals surface area (Å²) in [4.78, 5) is 4.43.